The summed E-state index contributed by atoms with van der Waals surface area (Å²) in [5.41, 5.74) is 0. The first-order valence-corrected chi connectivity index (χ1v) is 7.86. The van der Waals surface area contributed by atoms with Crippen molar-refractivity contribution in [3.8, 4) is 0 Å². The van der Waals surface area contributed by atoms with Gasteiger partial charge in [0, 0.05) is 24.2 Å². The van der Waals surface area contributed by atoms with Gasteiger partial charge in [-0.3, -0.25) is 14.1 Å². The van der Waals surface area contributed by atoms with Gasteiger partial charge < -0.3 is 0 Å². The van der Waals surface area contributed by atoms with E-state index < -0.39 is 8.22 Å². The lowest BCUT2D eigenvalue weighted by molar-refractivity contribution is 0.261. The van der Waals surface area contributed by atoms with Gasteiger partial charge in [-0.25, -0.2) is 0 Å². The second kappa shape index (κ2) is 7.45. The molecule has 102 valence electrons. The van der Waals surface area contributed by atoms with E-state index >= 15 is 0 Å². The Morgan fingerprint density at radius 3 is 1.06 bits per heavy atom. The van der Waals surface area contributed by atoms with Gasteiger partial charge in [-0.15, -0.1) is 0 Å². The van der Waals surface area contributed by atoms with Crippen LogP contribution in [0.3, 0.4) is 0 Å². The van der Waals surface area contributed by atoms with E-state index in [2.05, 4.69) is 64.7 Å². The van der Waals surface area contributed by atoms with E-state index in [0.29, 0.717) is 24.2 Å². The van der Waals surface area contributed by atoms with E-state index in [0.717, 1.165) is 6.03 Å². The van der Waals surface area contributed by atoms with Gasteiger partial charge in [0.15, 0.2) is 6.03 Å². The van der Waals surface area contributed by atoms with Gasteiger partial charge in [0.05, 0.1) is 0 Å². The standard InChI is InChI=1S/C13H29N2OP/c1-10(2)14(11(3)4)17(9-16)15(12(5)6)13(7)8/h9-13H,1-8H3. The summed E-state index contributed by atoms with van der Waals surface area (Å²) in [4.78, 5) is 11.6. The minimum Gasteiger partial charge on any atom is -0.295 e. The quantitative estimate of drug-likeness (QED) is 0.515. The summed E-state index contributed by atoms with van der Waals surface area (Å²) in [5.74, 6) is 0. The lowest BCUT2D eigenvalue weighted by Gasteiger charge is -2.44. The molecule has 17 heavy (non-hydrogen) atoms. The summed E-state index contributed by atoms with van der Waals surface area (Å²) in [5, 5.41) is 0. The predicted octanol–water partition coefficient (Wildman–Crippen LogP) is 3.73. The Labute approximate surface area is 108 Å². The van der Waals surface area contributed by atoms with Crippen molar-refractivity contribution < 1.29 is 4.79 Å². The fourth-order valence-corrected chi connectivity index (χ4v) is 4.72. The molecule has 3 nitrogen and oxygen atoms in total. The molecule has 0 aromatic carbocycles. The molecule has 0 aromatic rings. The van der Waals surface area contributed by atoms with E-state index in [1.807, 2.05) is 0 Å². The first-order valence-electron chi connectivity index (χ1n) is 6.55. The molecule has 0 aromatic heterocycles. The van der Waals surface area contributed by atoms with Crippen molar-refractivity contribution in [2.24, 2.45) is 0 Å². The second-order valence-corrected chi connectivity index (χ2v) is 7.34. The van der Waals surface area contributed by atoms with Crippen LogP contribution in [0.1, 0.15) is 55.4 Å². The van der Waals surface area contributed by atoms with Crippen molar-refractivity contribution in [2.45, 2.75) is 79.6 Å². The number of hydrogen-bond donors (Lipinski definition) is 0. The first kappa shape index (κ1) is 17.0. The molecule has 0 heterocycles. The zero-order valence-corrected chi connectivity index (χ0v) is 13.5. The Bertz CT molecular complexity index is 193. The van der Waals surface area contributed by atoms with Crippen molar-refractivity contribution in [1.29, 1.82) is 0 Å². The summed E-state index contributed by atoms with van der Waals surface area (Å²) in [6.07, 6.45) is 0. The van der Waals surface area contributed by atoms with Crippen LogP contribution in [0, 0.1) is 0 Å². The Morgan fingerprint density at radius 2 is 0.941 bits per heavy atom. The Balaban J connectivity index is 5.18. The Kier molecular flexibility index (Phi) is 7.46. The zero-order chi connectivity index (χ0) is 13.7. The molecule has 0 radical (unpaired) electrons. The van der Waals surface area contributed by atoms with Gasteiger partial charge in [0.1, 0.15) is 8.22 Å². The molecule has 4 heteroatoms. The molecule has 0 saturated heterocycles. The number of carbonyl (C=O) groups is 1. The summed E-state index contributed by atoms with van der Waals surface area (Å²) in [6, 6.07) is 2.73. The van der Waals surface area contributed by atoms with Gasteiger partial charge in [-0.05, 0) is 55.4 Å². The fourth-order valence-electron chi connectivity index (χ4n) is 2.37. The van der Waals surface area contributed by atoms with Crippen molar-refractivity contribution in [3.05, 3.63) is 0 Å². The van der Waals surface area contributed by atoms with Gasteiger partial charge in [0.2, 0.25) is 0 Å². The topological polar surface area (TPSA) is 23.6 Å². The summed E-state index contributed by atoms with van der Waals surface area (Å²) >= 11 is 0. The van der Waals surface area contributed by atoms with Crippen molar-refractivity contribution >= 4 is 14.3 Å². The summed E-state index contributed by atoms with van der Waals surface area (Å²) in [7, 11) is -0.857. The number of nitrogens with zero attached hydrogens (tertiary/aromatic N) is 2. The van der Waals surface area contributed by atoms with Gasteiger partial charge in [-0.1, -0.05) is 0 Å². The maximum absolute atomic E-state index is 11.6. The molecule has 0 spiro atoms. The van der Waals surface area contributed by atoms with Crippen molar-refractivity contribution in [1.82, 2.24) is 9.34 Å². The van der Waals surface area contributed by atoms with Crippen LogP contribution in [0.25, 0.3) is 0 Å². The highest BCUT2D eigenvalue weighted by molar-refractivity contribution is 7.68. The third-order valence-electron chi connectivity index (χ3n) is 2.68. The molecule has 0 atom stereocenters. The number of carbonyl (C=O) groups excluding carboxylic acids is 1. The van der Waals surface area contributed by atoms with Crippen LogP contribution in [0.5, 0.6) is 0 Å². The van der Waals surface area contributed by atoms with Crippen molar-refractivity contribution in [3.63, 3.8) is 0 Å². The van der Waals surface area contributed by atoms with E-state index in [1.54, 1.807) is 0 Å². The van der Waals surface area contributed by atoms with Crippen LogP contribution in [0.2, 0.25) is 0 Å². The highest BCUT2D eigenvalue weighted by Crippen LogP contribution is 2.46. The van der Waals surface area contributed by atoms with E-state index in [4.69, 9.17) is 0 Å². The largest absolute Gasteiger partial charge is 0.295 e. The first-order chi connectivity index (χ1) is 7.73. The molecule has 0 amide bonds. The van der Waals surface area contributed by atoms with E-state index in [-0.39, 0.29) is 0 Å². The van der Waals surface area contributed by atoms with Crippen LogP contribution in [-0.4, -0.2) is 39.5 Å². The third kappa shape index (κ3) is 4.65. The monoisotopic (exact) mass is 260 g/mol. The van der Waals surface area contributed by atoms with Gasteiger partial charge in [-0.2, -0.15) is 0 Å². The molecule has 0 aliphatic carbocycles. The average molecular weight is 260 g/mol. The third-order valence-corrected chi connectivity index (χ3v) is 5.67. The van der Waals surface area contributed by atoms with Crippen LogP contribution >= 0.6 is 8.22 Å². The summed E-state index contributed by atoms with van der Waals surface area (Å²) < 4.78 is 4.67. The molecule has 0 aliphatic heterocycles. The molecule has 0 N–H and O–H groups in total. The lowest BCUT2D eigenvalue weighted by atomic mass is 10.3. The second-order valence-electron chi connectivity index (χ2n) is 5.56. The van der Waals surface area contributed by atoms with Gasteiger partial charge in [0.25, 0.3) is 0 Å². The highest BCUT2D eigenvalue weighted by Gasteiger charge is 2.32. The maximum Gasteiger partial charge on any atom is 0.172 e. The molecule has 0 saturated carbocycles. The molecule has 0 fully saturated rings. The van der Waals surface area contributed by atoms with Crippen LogP contribution in [-0.2, 0) is 4.79 Å². The zero-order valence-electron chi connectivity index (χ0n) is 12.6. The average Bonchev–Trinajstić information content (AvgIpc) is 2.13. The SMILES string of the molecule is CC(C)N(C(C)C)P(C=O)N(C(C)C)C(C)C. The van der Waals surface area contributed by atoms with E-state index in [1.165, 1.54) is 0 Å². The van der Waals surface area contributed by atoms with Crippen molar-refractivity contribution in [2.75, 3.05) is 0 Å². The molecule has 0 rings (SSSR count). The van der Waals surface area contributed by atoms with Crippen LogP contribution in [0.15, 0.2) is 0 Å². The highest BCUT2D eigenvalue weighted by atomic mass is 31.1. The number of hydrogen-bond acceptors (Lipinski definition) is 3. The lowest BCUT2D eigenvalue weighted by Crippen LogP contribution is -2.42. The van der Waals surface area contributed by atoms with Crippen LogP contribution in [0.4, 0.5) is 0 Å². The normalized spacial score (nSPS) is 13.1. The molecule has 0 unspecified atom stereocenters. The molecule has 0 bridgehead atoms. The molecule has 0 aliphatic rings. The van der Waals surface area contributed by atoms with E-state index in [9.17, 15) is 4.79 Å². The Morgan fingerprint density at radius 1 is 0.706 bits per heavy atom. The minimum atomic E-state index is -0.857. The molecular formula is C13H29N2OP. The smallest absolute Gasteiger partial charge is 0.172 e. The minimum absolute atomic E-state index is 0.395. The fraction of sp³-hybridized carbons (Fsp3) is 0.923. The number of rotatable bonds is 7. The van der Waals surface area contributed by atoms with Gasteiger partial charge >= 0.3 is 0 Å². The Hall–Kier alpha value is 0.0200. The predicted molar refractivity (Wildman–Crippen MR) is 77.9 cm³/mol. The molecular weight excluding hydrogens is 231 g/mol. The summed E-state index contributed by atoms with van der Waals surface area (Å²) in [6.45, 7) is 17.3. The maximum atomic E-state index is 11.6. The van der Waals surface area contributed by atoms with Crippen LogP contribution < -0.4 is 0 Å².